The number of hydrogen-bond donors (Lipinski definition) is 1. The molecule has 144 valence electrons. The minimum atomic E-state index is -0.641. The molecule has 0 aromatic heterocycles. The van der Waals surface area contributed by atoms with E-state index in [-0.39, 0.29) is 17.4 Å². The summed E-state index contributed by atoms with van der Waals surface area (Å²) in [6.07, 6.45) is 1.68. The van der Waals surface area contributed by atoms with Crippen LogP contribution in [0.5, 0.6) is 0 Å². The quantitative estimate of drug-likeness (QED) is 0.444. The average Bonchev–Trinajstić information content (AvgIpc) is 2.43. The Morgan fingerprint density at radius 2 is 1.88 bits per heavy atom. The summed E-state index contributed by atoms with van der Waals surface area (Å²) in [4.78, 5) is 33.7. The maximum atomic E-state index is 11.7. The van der Waals surface area contributed by atoms with E-state index in [1.807, 2.05) is 0 Å². The third-order valence-corrected chi connectivity index (χ3v) is 4.68. The zero-order valence-electron chi connectivity index (χ0n) is 15.8. The van der Waals surface area contributed by atoms with Crippen molar-refractivity contribution in [2.75, 3.05) is 13.1 Å². The fourth-order valence-corrected chi connectivity index (χ4v) is 3.32. The van der Waals surface area contributed by atoms with E-state index >= 15 is 0 Å². The lowest BCUT2D eigenvalue weighted by Crippen LogP contribution is -2.46. The summed E-state index contributed by atoms with van der Waals surface area (Å²) in [6.45, 7) is 8.71. The van der Waals surface area contributed by atoms with Crippen LogP contribution < -0.4 is 5.32 Å². The third kappa shape index (κ3) is 7.27. The first-order valence-corrected chi connectivity index (χ1v) is 8.69. The zero-order valence-corrected chi connectivity index (χ0v) is 15.8. The molecule has 1 atom stereocenters. The molecular weight excluding hydrogens is 328 g/mol. The van der Waals surface area contributed by atoms with E-state index in [4.69, 9.17) is 9.47 Å². The summed E-state index contributed by atoms with van der Waals surface area (Å²) in [7, 11) is 0. The number of rotatable bonds is 6. The van der Waals surface area contributed by atoms with Gasteiger partial charge in [-0.1, -0.05) is 0 Å². The second-order valence-corrected chi connectivity index (χ2v) is 7.93. The molecule has 1 amide bonds. The van der Waals surface area contributed by atoms with Crippen LogP contribution in [0.2, 0.25) is 0 Å². The molecule has 0 heterocycles. The van der Waals surface area contributed by atoms with E-state index in [0.29, 0.717) is 19.4 Å². The maximum absolute atomic E-state index is 11.7. The first-order chi connectivity index (χ1) is 11.4. The smallest absolute Gasteiger partial charge is 0.407 e. The molecule has 8 nitrogen and oxygen atoms in total. The lowest BCUT2D eigenvalue weighted by molar-refractivity contribution is -0.502. The molecule has 0 bridgehead atoms. The van der Waals surface area contributed by atoms with Crippen LogP contribution in [-0.4, -0.2) is 41.8 Å². The van der Waals surface area contributed by atoms with Crippen LogP contribution in [0.15, 0.2) is 0 Å². The Morgan fingerprint density at radius 1 is 1.32 bits per heavy atom. The number of amides is 1. The molecular formula is C17H30N2O6. The summed E-state index contributed by atoms with van der Waals surface area (Å²) in [5.41, 5.74) is -1.19. The predicted molar refractivity (Wildman–Crippen MR) is 91.7 cm³/mol. The Hall–Kier alpha value is -1.86. The summed E-state index contributed by atoms with van der Waals surface area (Å²) in [6, 6.07) is 0. The summed E-state index contributed by atoms with van der Waals surface area (Å²) in [5.74, 6) is -0.194. The molecule has 0 aromatic rings. The van der Waals surface area contributed by atoms with Gasteiger partial charge in [0.05, 0.1) is 5.41 Å². The number of esters is 1. The molecule has 25 heavy (non-hydrogen) atoms. The molecule has 0 spiro atoms. The van der Waals surface area contributed by atoms with Gasteiger partial charge in [-0.3, -0.25) is 14.9 Å². The highest BCUT2D eigenvalue weighted by Crippen LogP contribution is 2.43. The molecule has 1 rings (SSSR count). The third-order valence-electron chi connectivity index (χ3n) is 4.68. The van der Waals surface area contributed by atoms with Gasteiger partial charge in [0.25, 0.3) is 0 Å². The van der Waals surface area contributed by atoms with Crippen molar-refractivity contribution in [1.29, 1.82) is 0 Å². The van der Waals surface area contributed by atoms with Gasteiger partial charge in [0.15, 0.2) is 0 Å². The van der Waals surface area contributed by atoms with Crippen molar-refractivity contribution in [3.8, 4) is 0 Å². The first-order valence-electron chi connectivity index (χ1n) is 8.69. The Bertz CT molecular complexity index is 492. The lowest BCUT2D eigenvalue weighted by atomic mass is 9.67. The molecule has 1 saturated carbocycles. The van der Waals surface area contributed by atoms with Crippen molar-refractivity contribution in [2.24, 2.45) is 11.3 Å². The van der Waals surface area contributed by atoms with E-state index in [0.717, 1.165) is 12.8 Å². The molecule has 1 fully saturated rings. The van der Waals surface area contributed by atoms with Gasteiger partial charge < -0.3 is 14.8 Å². The van der Waals surface area contributed by atoms with Gasteiger partial charge in [0.2, 0.25) is 6.54 Å². The maximum Gasteiger partial charge on any atom is 0.407 e. The topological polar surface area (TPSA) is 108 Å². The second-order valence-electron chi connectivity index (χ2n) is 7.93. The van der Waals surface area contributed by atoms with Crippen molar-refractivity contribution >= 4 is 12.1 Å². The average molecular weight is 358 g/mol. The van der Waals surface area contributed by atoms with E-state index in [1.165, 1.54) is 6.92 Å². The highest BCUT2D eigenvalue weighted by Gasteiger charge is 2.45. The molecule has 1 aliphatic rings. The van der Waals surface area contributed by atoms with Crippen molar-refractivity contribution in [2.45, 2.75) is 72.0 Å². The van der Waals surface area contributed by atoms with Gasteiger partial charge in [-0.25, -0.2) is 4.79 Å². The van der Waals surface area contributed by atoms with E-state index in [9.17, 15) is 19.7 Å². The number of carbonyl (C=O) groups excluding carboxylic acids is 2. The van der Waals surface area contributed by atoms with Gasteiger partial charge in [-0.15, -0.1) is 0 Å². The minimum absolute atomic E-state index is 0.215. The van der Waals surface area contributed by atoms with Gasteiger partial charge in [-0.05, 0) is 59.3 Å². The second kappa shape index (κ2) is 8.49. The highest BCUT2D eigenvalue weighted by atomic mass is 16.6. The van der Waals surface area contributed by atoms with Crippen LogP contribution >= 0.6 is 0 Å². The van der Waals surface area contributed by atoms with E-state index in [2.05, 4.69) is 5.32 Å². The molecule has 0 radical (unpaired) electrons. The van der Waals surface area contributed by atoms with Crippen molar-refractivity contribution in [3.63, 3.8) is 0 Å². The van der Waals surface area contributed by atoms with Gasteiger partial charge >= 0.3 is 12.1 Å². The van der Waals surface area contributed by atoms with Crippen LogP contribution in [0.25, 0.3) is 0 Å². The number of alkyl carbamates (subject to hydrolysis) is 1. The number of ether oxygens (including phenoxy) is 2. The van der Waals surface area contributed by atoms with Gasteiger partial charge in [0, 0.05) is 18.4 Å². The number of carbonyl (C=O) groups is 2. The molecule has 1 N–H and O–H groups in total. The SMILES string of the molecule is CC(=O)OC(C)C1(C[N+](=O)[O-])CCC(CNC(=O)OC(C)(C)C)CC1. The van der Waals surface area contributed by atoms with Crippen molar-refractivity contribution in [3.05, 3.63) is 10.1 Å². The lowest BCUT2D eigenvalue weighted by Gasteiger charge is -2.40. The Morgan fingerprint density at radius 3 is 2.32 bits per heavy atom. The molecule has 0 saturated heterocycles. The van der Waals surface area contributed by atoms with E-state index < -0.39 is 29.2 Å². The monoisotopic (exact) mass is 358 g/mol. The van der Waals surface area contributed by atoms with Gasteiger partial charge in [0.1, 0.15) is 11.7 Å². The van der Waals surface area contributed by atoms with Crippen molar-refractivity contribution < 1.29 is 24.0 Å². The van der Waals surface area contributed by atoms with Crippen LogP contribution in [0.4, 0.5) is 4.79 Å². The summed E-state index contributed by atoms with van der Waals surface area (Å²) >= 11 is 0. The molecule has 0 aliphatic heterocycles. The Kier molecular flexibility index (Phi) is 7.19. The van der Waals surface area contributed by atoms with Gasteiger partial charge in [-0.2, -0.15) is 0 Å². The highest BCUT2D eigenvalue weighted by molar-refractivity contribution is 5.67. The van der Waals surface area contributed by atoms with E-state index in [1.54, 1.807) is 27.7 Å². The fourth-order valence-electron chi connectivity index (χ4n) is 3.32. The summed E-state index contributed by atoms with van der Waals surface area (Å²) in [5, 5.41) is 13.8. The number of nitrogens with one attached hydrogen (secondary N) is 1. The number of nitrogens with zero attached hydrogens (tertiary/aromatic N) is 1. The van der Waals surface area contributed by atoms with Crippen LogP contribution in [0.1, 0.15) is 60.3 Å². The van der Waals surface area contributed by atoms with Crippen LogP contribution in [0.3, 0.4) is 0 Å². The largest absolute Gasteiger partial charge is 0.462 e. The zero-order chi connectivity index (χ0) is 19.3. The molecule has 0 aromatic carbocycles. The standard InChI is InChI=1S/C17H30N2O6/c1-12(24-13(2)20)17(11-19(22)23)8-6-14(7-9-17)10-18-15(21)25-16(3,4)5/h12,14H,6-11H2,1-5H3,(H,18,21). The van der Waals surface area contributed by atoms with Crippen LogP contribution in [-0.2, 0) is 14.3 Å². The molecule has 8 heteroatoms. The Balaban J connectivity index is 2.58. The molecule has 1 aliphatic carbocycles. The number of hydrogen-bond acceptors (Lipinski definition) is 6. The first kappa shape index (κ1) is 21.2. The minimum Gasteiger partial charge on any atom is -0.462 e. The summed E-state index contributed by atoms with van der Waals surface area (Å²) < 4.78 is 10.5. The normalized spacial score (nSPS) is 24.9. The fraction of sp³-hybridized carbons (Fsp3) is 0.882. The molecule has 1 unspecified atom stereocenters. The van der Waals surface area contributed by atoms with Crippen LogP contribution in [0, 0.1) is 21.4 Å². The Labute approximate surface area is 148 Å². The predicted octanol–water partition coefficient (Wildman–Crippen LogP) is 2.92. The number of nitro groups is 1. The van der Waals surface area contributed by atoms with Crippen molar-refractivity contribution in [1.82, 2.24) is 5.32 Å².